The molecule has 0 amide bonds. The van der Waals surface area contributed by atoms with Gasteiger partial charge in [0.1, 0.15) is 12.4 Å². The summed E-state index contributed by atoms with van der Waals surface area (Å²) in [6.45, 7) is 3.67. The molecular weight excluding hydrogens is 188 g/mol. The van der Waals surface area contributed by atoms with Gasteiger partial charge in [0.2, 0.25) is 0 Å². The Morgan fingerprint density at radius 2 is 2.20 bits per heavy atom. The summed E-state index contributed by atoms with van der Waals surface area (Å²) in [5, 5.41) is 0. The zero-order chi connectivity index (χ0) is 10.5. The first-order chi connectivity index (χ1) is 7.40. The van der Waals surface area contributed by atoms with Crippen molar-refractivity contribution in [2.24, 2.45) is 0 Å². The largest absolute Gasteiger partial charge is 0.374 e. The molecule has 0 saturated carbocycles. The highest BCUT2D eigenvalue weighted by atomic mass is 16.5. The molecule has 0 aliphatic heterocycles. The van der Waals surface area contributed by atoms with Crippen molar-refractivity contribution in [3.63, 3.8) is 0 Å². The van der Waals surface area contributed by atoms with Crippen molar-refractivity contribution in [1.29, 1.82) is 0 Å². The third-order valence-corrected chi connectivity index (χ3v) is 2.88. The monoisotopic (exact) mass is 208 g/mol. The number of nitrogens with one attached hydrogen (secondary N) is 1. The minimum Gasteiger partial charge on any atom is -0.374 e. The minimum absolute atomic E-state index is 0.646. The van der Waals surface area contributed by atoms with E-state index in [2.05, 4.69) is 16.9 Å². The second-order valence-electron chi connectivity index (χ2n) is 4.22. The van der Waals surface area contributed by atoms with Crippen LogP contribution in [0, 0.1) is 0 Å². The number of rotatable bonds is 5. The van der Waals surface area contributed by atoms with E-state index in [-0.39, 0.29) is 0 Å². The Kier molecular flexibility index (Phi) is 3.78. The van der Waals surface area contributed by atoms with E-state index in [0.29, 0.717) is 6.61 Å². The number of ether oxygens (including phenoxy) is 1. The van der Waals surface area contributed by atoms with Gasteiger partial charge >= 0.3 is 0 Å². The summed E-state index contributed by atoms with van der Waals surface area (Å²) in [4.78, 5) is 7.94. The van der Waals surface area contributed by atoms with E-state index in [4.69, 9.17) is 4.74 Å². The molecule has 1 aromatic heterocycles. The van der Waals surface area contributed by atoms with Gasteiger partial charge in [-0.2, -0.15) is 0 Å². The van der Waals surface area contributed by atoms with Crippen LogP contribution < -0.4 is 0 Å². The zero-order valence-corrected chi connectivity index (χ0v) is 9.51. The molecule has 15 heavy (non-hydrogen) atoms. The van der Waals surface area contributed by atoms with Gasteiger partial charge in [0, 0.05) is 12.3 Å². The van der Waals surface area contributed by atoms with Crippen LogP contribution in [0.25, 0.3) is 0 Å². The van der Waals surface area contributed by atoms with Crippen LogP contribution in [0.2, 0.25) is 0 Å². The van der Waals surface area contributed by atoms with Crippen molar-refractivity contribution in [2.75, 3.05) is 6.61 Å². The van der Waals surface area contributed by atoms with Crippen molar-refractivity contribution in [3.05, 3.63) is 17.2 Å². The first-order valence-electron chi connectivity index (χ1n) is 6.04. The molecule has 1 heterocycles. The highest BCUT2D eigenvalue weighted by Crippen LogP contribution is 2.18. The predicted molar refractivity (Wildman–Crippen MR) is 59.8 cm³/mol. The molecule has 0 fully saturated rings. The summed E-state index contributed by atoms with van der Waals surface area (Å²) < 4.78 is 5.54. The van der Waals surface area contributed by atoms with Crippen molar-refractivity contribution in [2.45, 2.75) is 52.1 Å². The molecule has 84 valence electrons. The Morgan fingerprint density at radius 1 is 1.33 bits per heavy atom. The fourth-order valence-electron chi connectivity index (χ4n) is 2.00. The number of aromatic nitrogens is 2. The number of fused-ring (bicyclic) bond motifs is 1. The van der Waals surface area contributed by atoms with Gasteiger partial charge in [0.05, 0.1) is 5.69 Å². The Balaban J connectivity index is 1.84. The first kappa shape index (κ1) is 10.7. The molecule has 1 aromatic rings. The number of aryl methyl sites for hydroxylation is 2. The number of nitrogens with zero attached hydrogens (tertiary/aromatic N) is 1. The maximum atomic E-state index is 5.54. The third kappa shape index (κ3) is 2.81. The lowest BCUT2D eigenvalue weighted by Crippen LogP contribution is -2.00. The van der Waals surface area contributed by atoms with Gasteiger partial charge in [-0.05, 0) is 32.1 Å². The average molecular weight is 208 g/mol. The summed E-state index contributed by atoms with van der Waals surface area (Å²) in [6.07, 6.45) is 7.21. The number of hydrogen-bond donors (Lipinski definition) is 1. The van der Waals surface area contributed by atoms with Gasteiger partial charge in [0.15, 0.2) is 0 Å². The molecule has 3 heteroatoms. The topological polar surface area (TPSA) is 37.9 Å². The van der Waals surface area contributed by atoms with Gasteiger partial charge in [-0.3, -0.25) is 0 Å². The van der Waals surface area contributed by atoms with Crippen LogP contribution in [-0.4, -0.2) is 16.6 Å². The normalized spacial score (nSPS) is 15.3. The molecule has 1 aliphatic carbocycles. The van der Waals surface area contributed by atoms with Crippen LogP contribution in [0.5, 0.6) is 0 Å². The van der Waals surface area contributed by atoms with Crippen molar-refractivity contribution in [1.82, 2.24) is 9.97 Å². The number of aromatic amines is 1. The first-order valence-corrected chi connectivity index (χ1v) is 6.04. The van der Waals surface area contributed by atoms with E-state index in [1.54, 1.807) is 0 Å². The Hall–Kier alpha value is -0.830. The molecule has 0 atom stereocenters. The van der Waals surface area contributed by atoms with Crippen LogP contribution >= 0.6 is 0 Å². The molecule has 0 saturated heterocycles. The lowest BCUT2D eigenvalue weighted by molar-refractivity contribution is 0.113. The van der Waals surface area contributed by atoms with E-state index >= 15 is 0 Å². The van der Waals surface area contributed by atoms with E-state index < -0.39 is 0 Å². The molecule has 0 unspecified atom stereocenters. The maximum Gasteiger partial charge on any atom is 0.132 e. The lowest BCUT2D eigenvalue weighted by atomic mass is 10.0. The van der Waals surface area contributed by atoms with Gasteiger partial charge < -0.3 is 9.72 Å². The average Bonchev–Trinajstić information content (AvgIpc) is 2.67. The second kappa shape index (κ2) is 5.31. The minimum atomic E-state index is 0.646. The van der Waals surface area contributed by atoms with Gasteiger partial charge in [0.25, 0.3) is 0 Å². The van der Waals surface area contributed by atoms with Gasteiger partial charge in [-0.25, -0.2) is 4.98 Å². The molecular formula is C12H20N2O. The van der Waals surface area contributed by atoms with Gasteiger partial charge in [-0.1, -0.05) is 13.3 Å². The quantitative estimate of drug-likeness (QED) is 0.755. The smallest absolute Gasteiger partial charge is 0.132 e. The Bertz CT molecular complexity index is 283. The number of H-pyrrole nitrogens is 1. The number of imidazole rings is 1. The third-order valence-electron chi connectivity index (χ3n) is 2.88. The summed E-state index contributed by atoms with van der Waals surface area (Å²) in [6, 6.07) is 0. The fourth-order valence-corrected chi connectivity index (χ4v) is 2.00. The Morgan fingerprint density at radius 3 is 3.00 bits per heavy atom. The molecule has 0 aromatic carbocycles. The predicted octanol–water partition coefficient (Wildman–Crippen LogP) is 2.61. The SMILES string of the molecule is CCCCOCc1nc2c([nH]1)CCCC2. The highest BCUT2D eigenvalue weighted by molar-refractivity contribution is 5.17. The van der Waals surface area contributed by atoms with Crippen LogP contribution in [-0.2, 0) is 24.2 Å². The van der Waals surface area contributed by atoms with E-state index in [0.717, 1.165) is 31.7 Å². The summed E-state index contributed by atoms with van der Waals surface area (Å²) in [5.41, 5.74) is 2.62. The molecule has 1 aliphatic rings. The number of unbranched alkanes of at least 4 members (excludes halogenated alkanes) is 1. The molecule has 0 radical (unpaired) electrons. The van der Waals surface area contributed by atoms with Crippen LogP contribution in [0.4, 0.5) is 0 Å². The fraction of sp³-hybridized carbons (Fsp3) is 0.750. The van der Waals surface area contributed by atoms with Crippen LogP contribution in [0.3, 0.4) is 0 Å². The van der Waals surface area contributed by atoms with Crippen molar-refractivity contribution < 1.29 is 4.74 Å². The van der Waals surface area contributed by atoms with E-state index in [1.807, 2.05) is 0 Å². The van der Waals surface area contributed by atoms with Crippen molar-refractivity contribution in [3.8, 4) is 0 Å². The zero-order valence-electron chi connectivity index (χ0n) is 9.51. The standard InChI is InChI=1S/C12H20N2O/c1-2-3-8-15-9-12-13-10-6-4-5-7-11(10)14-12/h2-9H2,1H3,(H,13,14). The summed E-state index contributed by atoms with van der Waals surface area (Å²) in [7, 11) is 0. The van der Waals surface area contributed by atoms with E-state index in [1.165, 1.54) is 30.7 Å². The van der Waals surface area contributed by atoms with Crippen molar-refractivity contribution >= 4 is 0 Å². The molecule has 2 rings (SSSR count). The highest BCUT2D eigenvalue weighted by Gasteiger charge is 2.13. The molecule has 0 spiro atoms. The summed E-state index contributed by atoms with van der Waals surface area (Å²) in [5.74, 6) is 1.01. The molecule has 0 bridgehead atoms. The number of hydrogen-bond acceptors (Lipinski definition) is 2. The second-order valence-corrected chi connectivity index (χ2v) is 4.22. The molecule has 3 nitrogen and oxygen atoms in total. The van der Waals surface area contributed by atoms with Gasteiger partial charge in [-0.15, -0.1) is 0 Å². The summed E-state index contributed by atoms with van der Waals surface area (Å²) >= 11 is 0. The lowest BCUT2D eigenvalue weighted by Gasteiger charge is -2.07. The maximum absolute atomic E-state index is 5.54. The molecule has 1 N–H and O–H groups in total. The van der Waals surface area contributed by atoms with Crippen LogP contribution in [0.1, 0.15) is 49.8 Å². The van der Waals surface area contributed by atoms with Crippen LogP contribution in [0.15, 0.2) is 0 Å². The van der Waals surface area contributed by atoms with E-state index in [9.17, 15) is 0 Å². The Labute approximate surface area is 91.3 Å².